The number of halogens is 1. The Labute approximate surface area is 125 Å². The zero-order valence-corrected chi connectivity index (χ0v) is 12.3. The number of carbonyl (C=O) groups excluding carboxylic acids is 1. The average molecular weight is 335 g/mol. The van der Waals surface area contributed by atoms with Crippen LogP contribution in [0.5, 0.6) is 5.75 Å². The molecule has 2 aromatic rings. The summed E-state index contributed by atoms with van der Waals surface area (Å²) in [6, 6.07) is 13.8. The first kappa shape index (κ1) is 14.6. The summed E-state index contributed by atoms with van der Waals surface area (Å²) >= 11 is 3.35. The van der Waals surface area contributed by atoms with Gasteiger partial charge in [0.1, 0.15) is 11.8 Å². The fraction of sp³-hybridized carbons (Fsp3) is 0.133. The van der Waals surface area contributed by atoms with Crippen molar-refractivity contribution in [1.29, 1.82) is 0 Å². The first-order valence-corrected chi connectivity index (χ1v) is 6.92. The summed E-state index contributed by atoms with van der Waals surface area (Å²) in [4.78, 5) is 11.6. The van der Waals surface area contributed by atoms with Gasteiger partial charge in [-0.2, -0.15) is 0 Å². The van der Waals surface area contributed by atoms with E-state index in [0.717, 1.165) is 10.0 Å². The fourth-order valence-electron chi connectivity index (χ4n) is 1.94. The van der Waals surface area contributed by atoms with Crippen molar-refractivity contribution in [3.05, 3.63) is 64.1 Å². The molecule has 0 spiro atoms. The molecular formula is C15H15BrN2O2. The largest absolute Gasteiger partial charge is 0.508 e. The van der Waals surface area contributed by atoms with Crippen LogP contribution < -0.4 is 11.1 Å². The Kier molecular flexibility index (Phi) is 4.76. The van der Waals surface area contributed by atoms with Crippen molar-refractivity contribution in [2.24, 2.45) is 5.73 Å². The zero-order chi connectivity index (χ0) is 14.5. The number of aromatic hydroxyl groups is 1. The Bertz CT molecular complexity index is 602. The van der Waals surface area contributed by atoms with Crippen molar-refractivity contribution in [1.82, 2.24) is 5.32 Å². The lowest BCUT2D eigenvalue weighted by Gasteiger charge is -2.16. The monoisotopic (exact) mass is 334 g/mol. The Morgan fingerprint density at radius 2 is 1.95 bits per heavy atom. The third kappa shape index (κ3) is 3.59. The summed E-state index contributed by atoms with van der Waals surface area (Å²) in [7, 11) is 0. The second kappa shape index (κ2) is 6.54. The molecule has 5 heteroatoms. The standard InChI is InChI=1S/C15H15BrN2O2/c16-12-6-7-13(19)11(8-12)9-18-14(15(17)20)10-4-2-1-3-5-10/h1-8,14,18-19H,9H2,(H2,17,20)/t14-/m1/s1. The normalized spacial score (nSPS) is 12.1. The lowest BCUT2D eigenvalue weighted by atomic mass is 10.1. The van der Waals surface area contributed by atoms with E-state index in [-0.39, 0.29) is 5.75 Å². The molecule has 0 unspecified atom stereocenters. The minimum Gasteiger partial charge on any atom is -0.508 e. The van der Waals surface area contributed by atoms with Crippen molar-refractivity contribution >= 4 is 21.8 Å². The summed E-state index contributed by atoms with van der Waals surface area (Å²) in [5, 5.41) is 12.8. The van der Waals surface area contributed by atoms with Crippen LogP contribution >= 0.6 is 15.9 Å². The number of primary amides is 1. The van der Waals surface area contributed by atoms with E-state index in [1.54, 1.807) is 18.2 Å². The molecule has 0 aliphatic heterocycles. The molecule has 0 heterocycles. The van der Waals surface area contributed by atoms with Crippen LogP contribution in [-0.2, 0) is 11.3 Å². The van der Waals surface area contributed by atoms with Gasteiger partial charge in [0.2, 0.25) is 5.91 Å². The quantitative estimate of drug-likeness (QED) is 0.786. The second-order valence-corrected chi connectivity index (χ2v) is 5.32. The van der Waals surface area contributed by atoms with Crippen LogP contribution in [0, 0.1) is 0 Å². The van der Waals surface area contributed by atoms with Gasteiger partial charge < -0.3 is 10.8 Å². The van der Waals surface area contributed by atoms with E-state index in [9.17, 15) is 9.90 Å². The van der Waals surface area contributed by atoms with Gasteiger partial charge in [-0.25, -0.2) is 0 Å². The van der Waals surface area contributed by atoms with Crippen LogP contribution in [-0.4, -0.2) is 11.0 Å². The van der Waals surface area contributed by atoms with Crippen molar-refractivity contribution in [3.63, 3.8) is 0 Å². The number of hydrogen-bond donors (Lipinski definition) is 3. The number of phenolic OH excluding ortho intramolecular Hbond substituents is 1. The maximum absolute atomic E-state index is 11.6. The molecule has 0 saturated heterocycles. The third-order valence-corrected chi connectivity index (χ3v) is 3.45. The maximum atomic E-state index is 11.6. The maximum Gasteiger partial charge on any atom is 0.239 e. The van der Waals surface area contributed by atoms with Gasteiger partial charge in [0.05, 0.1) is 0 Å². The molecule has 0 radical (unpaired) electrons. The van der Waals surface area contributed by atoms with Gasteiger partial charge in [-0.05, 0) is 23.8 Å². The van der Waals surface area contributed by atoms with E-state index in [2.05, 4.69) is 21.2 Å². The summed E-state index contributed by atoms with van der Waals surface area (Å²) in [5.74, 6) is -0.275. The summed E-state index contributed by atoms with van der Waals surface area (Å²) in [6.45, 7) is 0.341. The number of carbonyl (C=O) groups is 1. The molecule has 2 rings (SSSR count). The number of benzene rings is 2. The molecular weight excluding hydrogens is 320 g/mol. The minimum absolute atomic E-state index is 0.178. The van der Waals surface area contributed by atoms with Crippen molar-refractivity contribution < 1.29 is 9.90 Å². The molecule has 0 saturated carbocycles. The second-order valence-electron chi connectivity index (χ2n) is 4.40. The lowest BCUT2D eigenvalue weighted by Crippen LogP contribution is -2.33. The van der Waals surface area contributed by atoms with Crippen LogP contribution in [0.3, 0.4) is 0 Å². The predicted molar refractivity (Wildman–Crippen MR) is 81.0 cm³/mol. The number of rotatable bonds is 5. The number of phenols is 1. The van der Waals surface area contributed by atoms with Crippen LogP contribution in [0.4, 0.5) is 0 Å². The Morgan fingerprint density at radius 3 is 2.60 bits per heavy atom. The summed E-state index contributed by atoms with van der Waals surface area (Å²) in [6.07, 6.45) is 0. The van der Waals surface area contributed by atoms with E-state index in [1.165, 1.54) is 0 Å². The minimum atomic E-state index is -0.588. The molecule has 1 atom stereocenters. The summed E-state index contributed by atoms with van der Waals surface area (Å²) < 4.78 is 0.863. The molecule has 0 fully saturated rings. The highest BCUT2D eigenvalue weighted by atomic mass is 79.9. The van der Waals surface area contributed by atoms with Gasteiger partial charge in [0, 0.05) is 16.6 Å². The van der Waals surface area contributed by atoms with E-state index in [1.807, 2.05) is 30.3 Å². The smallest absolute Gasteiger partial charge is 0.239 e. The van der Waals surface area contributed by atoms with Gasteiger partial charge in [-0.1, -0.05) is 46.3 Å². The van der Waals surface area contributed by atoms with Crippen molar-refractivity contribution in [2.75, 3.05) is 0 Å². The van der Waals surface area contributed by atoms with Gasteiger partial charge in [0.25, 0.3) is 0 Å². The van der Waals surface area contributed by atoms with E-state index in [4.69, 9.17) is 5.73 Å². The SMILES string of the molecule is NC(=O)[C@H](NCc1cc(Br)ccc1O)c1ccccc1. The van der Waals surface area contributed by atoms with Crippen LogP contribution in [0.1, 0.15) is 17.2 Å². The van der Waals surface area contributed by atoms with E-state index >= 15 is 0 Å². The van der Waals surface area contributed by atoms with Crippen LogP contribution in [0.25, 0.3) is 0 Å². The molecule has 0 aliphatic rings. The molecule has 1 amide bonds. The zero-order valence-electron chi connectivity index (χ0n) is 10.7. The summed E-state index contributed by atoms with van der Waals surface area (Å²) in [5.41, 5.74) is 6.92. The van der Waals surface area contributed by atoms with Crippen LogP contribution in [0.15, 0.2) is 53.0 Å². The number of hydrogen-bond acceptors (Lipinski definition) is 3. The van der Waals surface area contributed by atoms with Crippen LogP contribution in [0.2, 0.25) is 0 Å². The lowest BCUT2D eigenvalue weighted by molar-refractivity contribution is -0.120. The highest BCUT2D eigenvalue weighted by Gasteiger charge is 2.17. The Balaban J connectivity index is 2.14. The molecule has 0 aromatic heterocycles. The first-order valence-electron chi connectivity index (χ1n) is 6.13. The highest BCUT2D eigenvalue weighted by Crippen LogP contribution is 2.22. The Morgan fingerprint density at radius 1 is 1.25 bits per heavy atom. The molecule has 0 bridgehead atoms. The third-order valence-electron chi connectivity index (χ3n) is 2.96. The molecule has 104 valence electrons. The Hall–Kier alpha value is -1.85. The topological polar surface area (TPSA) is 75.4 Å². The van der Waals surface area contributed by atoms with Gasteiger partial charge in [0.15, 0.2) is 0 Å². The number of nitrogens with one attached hydrogen (secondary N) is 1. The molecule has 0 aliphatic carbocycles. The number of nitrogens with two attached hydrogens (primary N) is 1. The predicted octanol–water partition coefficient (Wildman–Crippen LogP) is 2.47. The molecule has 4 N–H and O–H groups in total. The van der Waals surface area contributed by atoms with Crippen molar-refractivity contribution in [2.45, 2.75) is 12.6 Å². The van der Waals surface area contributed by atoms with E-state index < -0.39 is 11.9 Å². The highest BCUT2D eigenvalue weighted by molar-refractivity contribution is 9.10. The molecule has 4 nitrogen and oxygen atoms in total. The van der Waals surface area contributed by atoms with Gasteiger partial charge in [-0.15, -0.1) is 0 Å². The van der Waals surface area contributed by atoms with Gasteiger partial charge >= 0.3 is 0 Å². The molecule has 20 heavy (non-hydrogen) atoms. The number of amides is 1. The van der Waals surface area contributed by atoms with Crippen molar-refractivity contribution in [3.8, 4) is 5.75 Å². The average Bonchev–Trinajstić information content (AvgIpc) is 2.43. The first-order chi connectivity index (χ1) is 9.58. The van der Waals surface area contributed by atoms with Gasteiger partial charge in [-0.3, -0.25) is 10.1 Å². The fourth-order valence-corrected chi connectivity index (χ4v) is 2.34. The van der Waals surface area contributed by atoms with E-state index in [0.29, 0.717) is 12.1 Å². The molecule has 2 aromatic carbocycles.